The summed E-state index contributed by atoms with van der Waals surface area (Å²) in [5.74, 6) is -0.927. The summed E-state index contributed by atoms with van der Waals surface area (Å²) in [6.45, 7) is 1.95. The van der Waals surface area contributed by atoms with Gasteiger partial charge >= 0.3 is 5.97 Å². The van der Waals surface area contributed by atoms with Gasteiger partial charge < -0.3 is 5.11 Å². The number of benzene rings is 2. The summed E-state index contributed by atoms with van der Waals surface area (Å²) in [4.78, 5) is 15.5. The highest BCUT2D eigenvalue weighted by Gasteiger charge is 2.10. The van der Waals surface area contributed by atoms with E-state index in [0.29, 0.717) is 0 Å². The summed E-state index contributed by atoms with van der Waals surface area (Å²) in [6, 6.07) is 10.7. The highest BCUT2D eigenvalue weighted by Crippen LogP contribution is 2.32. The predicted molar refractivity (Wildman–Crippen MR) is 81.8 cm³/mol. The Morgan fingerprint density at radius 3 is 2.75 bits per heavy atom. The van der Waals surface area contributed by atoms with Gasteiger partial charge in [0.05, 0.1) is 15.8 Å². The normalized spacial score (nSPS) is 10.9. The molecule has 0 aliphatic carbocycles. The Labute approximate surface area is 124 Å². The zero-order chi connectivity index (χ0) is 14.3. The summed E-state index contributed by atoms with van der Waals surface area (Å²) in [5.41, 5.74) is 3.07. The lowest BCUT2D eigenvalue weighted by Crippen LogP contribution is -1.94. The molecule has 0 radical (unpaired) electrons. The molecule has 0 saturated carbocycles. The topological polar surface area (TPSA) is 50.2 Å². The summed E-state index contributed by atoms with van der Waals surface area (Å²) >= 11 is 7.50. The third kappa shape index (κ3) is 2.28. The maximum absolute atomic E-state index is 11.0. The van der Waals surface area contributed by atoms with E-state index in [4.69, 9.17) is 16.7 Å². The van der Waals surface area contributed by atoms with Crippen LogP contribution in [0.4, 0.5) is 0 Å². The van der Waals surface area contributed by atoms with Crippen molar-refractivity contribution >= 4 is 39.1 Å². The molecular weight excluding hydrogens is 294 g/mol. The number of hydrogen-bond acceptors (Lipinski definition) is 3. The van der Waals surface area contributed by atoms with Crippen molar-refractivity contribution in [1.82, 2.24) is 4.98 Å². The fourth-order valence-corrected chi connectivity index (χ4v) is 3.08. The van der Waals surface area contributed by atoms with Crippen LogP contribution in [0, 0.1) is 6.92 Å². The van der Waals surface area contributed by atoms with Gasteiger partial charge in [-0.2, -0.15) is 0 Å². The van der Waals surface area contributed by atoms with E-state index in [1.807, 2.05) is 25.1 Å². The Morgan fingerprint density at radius 1 is 1.25 bits per heavy atom. The summed E-state index contributed by atoms with van der Waals surface area (Å²) in [6.07, 6.45) is 0. The van der Waals surface area contributed by atoms with Crippen molar-refractivity contribution < 1.29 is 9.90 Å². The molecule has 2 aromatic carbocycles. The summed E-state index contributed by atoms with van der Waals surface area (Å²) in [5, 5.41) is 10.6. The van der Waals surface area contributed by atoms with Gasteiger partial charge in [0.25, 0.3) is 0 Å². The van der Waals surface area contributed by atoms with Crippen molar-refractivity contribution in [3.05, 3.63) is 52.5 Å². The maximum Gasteiger partial charge on any atom is 0.335 e. The van der Waals surface area contributed by atoms with Crippen LogP contribution in [0.2, 0.25) is 5.02 Å². The zero-order valence-electron chi connectivity index (χ0n) is 10.6. The first kappa shape index (κ1) is 13.1. The molecule has 0 bridgehead atoms. The van der Waals surface area contributed by atoms with Crippen LogP contribution in [0.3, 0.4) is 0 Å². The quantitative estimate of drug-likeness (QED) is 0.751. The molecule has 0 aliphatic heterocycles. The number of carbonyl (C=O) groups is 1. The number of thiazole rings is 1. The Bertz CT molecular complexity index is 826. The third-order valence-electron chi connectivity index (χ3n) is 3.04. The molecule has 1 heterocycles. The number of nitrogens with zero attached hydrogens (tertiary/aromatic N) is 1. The molecule has 0 aliphatic rings. The smallest absolute Gasteiger partial charge is 0.335 e. The monoisotopic (exact) mass is 303 g/mol. The van der Waals surface area contributed by atoms with Gasteiger partial charge in [-0.15, -0.1) is 11.3 Å². The van der Waals surface area contributed by atoms with Gasteiger partial charge in [0.2, 0.25) is 0 Å². The van der Waals surface area contributed by atoms with Crippen molar-refractivity contribution in [2.75, 3.05) is 0 Å². The van der Waals surface area contributed by atoms with Crippen molar-refractivity contribution in [2.45, 2.75) is 6.92 Å². The van der Waals surface area contributed by atoms with Gasteiger partial charge in [0.1, 0.15) is 5.01 Å². The first-order valence-corrected chi connectivity index (χ1v) is 7.14. The number of hydrogen-bond donors (Lipinski definition) is 1. The van der Waals surface area contributed by atoms with Crippen molar-refractivity contribution in [1.29, 1.82) is 0 Å². The molecule has 1 aromatic heterocycles. The second-order valence-electron chi connectivity index (χ2n) is 4.47. The molecule has 0 unspecified atom stereocenters. The van der Waals surface area contributed by atoms with Crippen LogP contribution in [0.15, 0.2) is 36.4 Å². The number of rotatable bonds is 2. The molecular formula is C15H10ClNO2S. The Hall–Kier alpha value is -1.91. The van der Waals surface area contributed by atoms with E-state index in [1.165, 1.54) is 11.3 Å². The van der Waals surface area contributed by atoms with Gasteiger partial charge in [-0.05, 0) is 42.8 Å². The minimum Gasteiger partial charge on any atom is -0.478 e. The fourth-order valence-electron chi connectivity index (χ4n) is 1.96. The van der Waals surface area contributed by atoms with Gasteiger partial charge in [-0.1, -0.05) is 17.7 Å². The number of halogens is 1. The van der Waals surface area contributed by atoms with E-state index in [1.54, 1.807) is 18.2 Å². The van der Waals surface area contributed by atoms with E-state index >= 15 is 0 Å². The molecule has 3 nitrogen and oxygen atoms in total. The molecule has 20 heavy (non-hydrogen) atoms. The van der Waals surface area contributed by atoms with E-state index in [2.05, 4.69) is 4.98 Å². The number of aromatic carboxylic acids is 1. The first-order valence-electron chi connectivity index (χ1n) is 5.95. The van der Waals surface area contributed by atoms with Gasteiger partial charge in [0.15, 0.2) is 0 Å². The molecule has 3 aromatic rings. The lowest BCUT2D eigenvalue weighted by molar-refractivity contribution is 0.0697. The van der Waals surface area contributed by atoms with E-state index in [0.717, 1.165) is 31.4 Å². The van der Waals surface area contributed by atoms with Gasteiger partial charge in [-0.25, -0.2) is 9.78 Å². The molecule has 0 fully saturated rings. The highest BCUT2D eigenvalue weighted by molar-refractivity contribution is 7.21. The van der Waals surface area contributed by atoms with Crippen molar-refractivity contribution in [2.24, 2.45) is 0 Å². The average molecular weight is 304 g/mol. The van der Waals surface area contributed by atoms with Crippen LogP contribution in [-0.4, -0.2) is 16.1 Å². The van der Waals surface area contributed by atoms with E-state index in [9.17, 15) is 4.79 Å². The van der Waals surface area contributed by atoms with Crippen LogP contribution in [-0.2, 0) is 0 Å². The van der Waals surface area contributed by atoms with Crippen LogP contribution in [0.1, 0.15) is 15.9 Å². The Morgan fingerprint density at radius 2 is 2.05 bits per heavy atom. The average Bonchev–Trinajstić information content (AvgIpc) is 2.84. The maximum atomic E-state index is 11.0. The van der Waals surface area contributed by atoms with Gasteiger partial charge in [-0.3, -0.25) is 0 Å². The summed E-state index contributed by atoms with van der Waals surface area (Å²) < 4.78 is 0.868. The lowest BCUT2D eigenvalue weighted by Gasteiger charge is -2.00. The second kappa shape index (κ2) is 4.89. The minimum absolute atomic E-state index is 0.278. The lowest BCUT2D eigenvalue weighted by atomic mass is 10.1. The van der Waals surface area contributed by atoms with Crippen molar-refractivity contribution in [3.63, 3.8) is 0 Å². The first-order chi connectivity index (χ1) is 9.54. The van der Waals surface area contributed by atoms with Crippen LogP contribution in [0.25, 0.3) is 20.8 Å². The SMILES string of the molecule is Cc1cc(-c2nc3ccc(C(=O)O)cc3s2)ccc1Cl. The number of aryl methyl sites for hydroxylation is 1. The Balaban J connectivity index is 2.12. The largest absolute Gasteiger partial charge is 0.478 e. The molecule has 0 atom stereocenters. The fraction of sp³-hybridized carbons (Fsp3) is 0.0667. The molecule has 3 rings (SSSR count). The van der Waals surface area contributed by atoms with Crippen LogP contribution < -0.4 is 0 Å². The Kier molecular flexibility index (Phi) is 3.20. The molecule has 0 spiro atoms. The predicted octanol–water partition coefficient (Wildman–Crippen LogP) is 4.62. The highest BCUT2D eigenvalue weighted by atomic mass is 35.5. The number of carboxylic acid groups (broad SMARTS) is 1. The van der Waals surface area contributed by atoms with Crippen LogP contribution >= 0.6 is 22.9 Å². The molecule has 100 valence electrons. The van der Waals surface area contributed by atoms with Gasteiger partial charge in [0, 0.05) is 10.6 Å². The summed E-state index contributed by atoms with van der Waals surface area (Å²) in [7, 11) is 0. The molecule has 5 heteroatoms. The standard InChI is InChI=1S/C15H10ClNO2S/c1-8-6-9(2-4-11(8)16)14-17-12-5-3-10(15(18)19)7-13(12)20-14/h2-7H,1H3,(H,18,19). The van der Waals surface area contributed by atoms with Crippen LogP contribution in [0.5, 0.6) is 0 Å². The third-order valence-corrected chi connectivity index (χ3v) is 4.53. The zero-order valence-corrected chi connectivity index (χ0v) is 12.1. The molecule has 0 amide bonds. The van der Waals surface area contributed by atoms with E-state index < -0.39 is 5.97 Å². The minimum atomic E-state index is -0.927. The number of fused-ring (bicyclic) bond motifs is 1. The number of carboxylic acids is 1. The number of aromatic nitrogens is 1. The molecule has 1 N–H and O–H groups in total. The van der Waals surface area contributed by atoms with E-state index in [-0.39, 0.29) is 5.56 Å². The second-order valence-corrected chi connectivity index (χ2v) is 5.91. The molecule has 0 saturated heterocycles. The van der Waals surface area contributed by atoms with Crippen molar-refractivity contribution in [3.8, 4) is 10.6 Å².